The Hall–Kier alpha value is -1.99. The number of hydrogen-bond donors (Lipinski definition) is 1. The van der Waals surface area contributed by atoms with Gasteiger partial charge in [-0.05, 0) is 11.6 Å². The molecule has 2 aromatic heterocycles. The summed E-state index contributed by atoms with van der Waals surface area (Å²) in [5.41, 5.74) is 1.17. The monoisotopic (exact) mass is 289 g/mol. The molecule has 0 aliphatic carbocycles. The Bertz CT molecular complexity index is 554. The van der Waals surface area contributed by atoms with Gasteiger partial charge in [-0.1, -0.05) is 11.2 Å². The van der Waals surface area contributed by atoms with Crippen LogP contribution in [0.25, 0.3) is 0 Å². The minimum atomic E-state index is 0.204. The molecule has 3 rings (SSSR count). The predicted molar refractivity (Wildman–Crippen MR) is 76.9 cm³/mol. The Labute approximate surface area is 123 Å². The van der Waals surface area contributed by atoms with E-state index in [9.17, 15) is 0 Å². The summed E-state index contributed by atoms with van der Waals surface area (Å²) in [6.45, 7) is 5.80. The average Bonchev–Trinajstić information content (AvgIpc) is 2.95. The zero-order chi connectivity index (χ0) is 14.5. The maximum atomic E-state index is 5.43. The first-order valence-corrected chi connectivity index (χ1v) is 7.08. The van der Waals surface area contributed by atoms with Crippen LogP contribution in [0.1, 0.15) is 17.5 Å². The van der Waals surface area contributed by atoms with E-state index in [1.807, 2.05) is 12.3 Å². The van der Waals surface area contributed by atoms with Crippen LogP contribution in [-0.2, 0) is 4.74 Å². The minimum absolute atomic E-state index is 0.204. The molecule has 3 heterocycles. The molecule has 1 aliphatic heterocycles. The van der Waals surface area contributed by atoms with Gasteiger partial charge in [0.05, 0.1) is 19.3 Å². The summed E-state index contributed by atoms with van der Waals surface area (Å²) < 4.78 is 10.8. The van der Waals surface area contributed by atoms with Gasteiger partial charge in [0, 0.05) is 39.0 Å². The SMILES string of the molecule is Cc1nnc(NC[C@H](c2cccnc2)N2CCOCC2)o1. The number of aromatic nitrogens is 3. The molecule has 1 fully saturated rings. The highest BCUT2D eigenvalue weighted by molar-refractivity contribution is 5.22. The Morgan fingerprint density at radius 2 is 2.19 bits per heavy atom. The van der Waals surface area contributed by atoms with E-state index in [1.165, 1.54) is 5.56 Å². The van der Waals surface area contributed by atoms with E-state index in [1.54, 1.807) is 13.1 Å². The molecule has 7 nitrogen and oxygen atoms in total. The van der Waals surface area contributed by atoms with Gasteiger partial charge in [0.25, 0.3) is 0 Å². The van der Waals surface area contributed by atoms with Crippen molar-refractivity contribution in [2.75, 3.05) is 38.2 Å². The van der Waals surface area contributed by atoms with Crippen LogP contribution >= 0.6 is 0 Å². The highest BCUT2D eigenvalue weighted by Gasteiger charge is 2.23. The van der Waals surface area contributed by atoms with E-state index in [4.69, 9.17) is 9.15 Å². The fraction of sp³-hybridized carbons (Fsp3) is 0.500. The summed E-state index contributed by atoms with van der Waals surface area (Å²) in [4.78, 5) is 6.61. The molecule has 1 atom stereocenters. The minimum Gasteiger partial charge on any atom is -0.408 e. The van der Waals surface area contributed by atoms with Crippen molar-refractivity contribution < 1.29 is 9.15 Å². The summed E-state index contributed by atoms with van der Waals surface area (Å²) in [6.07, 6.45) is 3.69. The second-order valence-electron chi connectivity index (χ2n) is 4.96. The molecule has 0 radical (unpaired) electrons. The number of nitrogens with one attached hydrogen (secondary N) is 1. The molecule has 0 unspecified atom stereocenters. The Morgan fingerprint density at radius 3 is 2.86 bits per heavy atom. The van der Waals surface area contributed by atoms with Gasteiger partial charge in [-0.15, -0.1) is 5.10 Å². The lowest BCUT2D eigenvalue weighted by Crippen LogP contribution is -2.41. The third-order valence-corrected chi connectivity index (χ3v) is 3.53. The highest BCUT2D eigenvalue weighted by Crippen LogP contribution is 2.21. The van der Waals surface area contributed by atoms with Crippen molar-refractivity contribution in [3.8, 4) is 0 Å². The molecule has 2 aromatic rings. The van der Waals surface area contributed by atoms with Crippen molar-refractivity contribution in [3.05, 3.63) is 36.0 Å². The number of hydrogen-bond acceptors (Lipinski definition) is 7. The van der Waals surface area contributed by atoms with E-state index < -0.39 is 0 Å². The molecule has 1 N–H and O–H groups in total. The van der Waals surface area contributed by atoms with Crippen molar-refractivity contribution in [2.24, 2.45) is 0 Å². The predicted octanol–water partition coefficient (Wildman–Crippen LogP) is 1.26. The van der Waals surface area contributed by atoms with Gasteiger partial charge >= 0.3 is 6.01 Å². The Balaban J connectivity index is 1.72. The maximum absolute atomic E-state index is 5.43. The smallest absolute Gasteiger partial charge is 0.315 e. The maximum Gasteiger partial charge on any atom is 0.315 e. The molecular formula is C14H19N5O2. The Kier molecular flexibility index (Phi) is 4.42. The molecule has 0 aromatic carbocycles. The first-order valence-electron chi connectivity index (χ1n) is 7.08. The van der Waals surface area contributed by atoms with Crippen molar-refractivity contribution >= 4 is 6.01 Å². The first-order chi connectivity index (χ1) is 10.3. The first kappa shape index (κ1) is 14.0. The summed E-state index contributed by atoms with van der Waals surface area (Å²) in [5, 5.41) is 11.0. The van der Waals surface area contributed by atoms with Gasteiger partial charge in [-0.25, -0.2) is 0 Å². The number of anilines is 1. The van der Waals surface area contributed by atoms with Gasteiger partial charge in [0.2, 0.25) is 5.89 Å². The average molecular weight is 289 g/mol. The van der Waals surface area contributed by atoms with Gasteiger partial charge < -0.3 is 14.5 Å². The van der Waals surface area contributed by atoms with Crippen LogP contribution in [0, 0.1) is 6.92 Å². The number of morpholine rings is 1. The second-order valence-corrected chi connectivity index (χ2v) is 4.96. The molecule has 7 heteroatoms. The quantitative estimate of drug-likeness (QED) is 0.888. The van der Waals surface area contributed by atoms with Crippen molar-refractivity contribution in [3.63, 3.8) is 0 Å². The lowest BCUT2D eigenvalue weighted by atomic mass is 10.1. The van der Waals surface area contributed by atoms with Gasteiger partial charge in [-0.2, -0.15) is 0 Å². The van der Waals surface area contributed by atoms with E-state index in [0.717, 1.165) is 26.3 Å². The molecular weight excluding hydrogens is 270 g/mol. The van der Waals surface area contributed by atoms with E-state index in [2.05, 4.69) is 31.5 Å². The molecule has 1 aliphatic rings. The topological polar surface area (TPSA) is 76.3 Å². The van der Waals surface area contributed by atoms with E-state index in [0.29, 0.717) is 18.5 Å². The number of aryl methyl sites for hydroxylation is 1. The van der Waals surface area contributed by atoms with Crippen LogP contribution in [0.4, 0.5) is 6.01 Å². The molecule has 0 bridgehead atoms. The van der Waals surface area contributed by atoms with Crippen LogP contribution < -0.4 is 5.32 Å². The summed E-state index contributed by atoms with van der Waals surface area (Å²) in [7, 11) is 0. The number of ether oxygens (including phenoxy) is 1. The highest BCUT2D eigenvalue weighted by atomic mass is 16.5. The normalized spacial score (nSPS) is 17.6. The Morgan fingerprint density at radius 1 is 1.33 bits per heavy atom. The lowest BCUT2D eigenvalue weighted by molar-refractivity contribution is 0.0185. The van der Waals surface area contributed by atoms with E-state index in [-0.39, 0.29) is 6.04 Å². The largest absolute Gasteiger partial charge is 0.408 e. The fourth-order valence-corrected chi connectivity index (χ4v) is 2.47. The standard InChI is InChI=1S/C14H19N5O2/c1-11-17-18-14(21-11)16-10-13(12-3-2-4-15-9-12)19-5-7-20-8-6-19/h2-4,9,13H,5-8,10H2,1H3,(H,16,18)/t13-/m1/s1. The number of nitrogens with zero attached hydrogens (tertiary/aromatic N) is 4. The zero-order valence-electron chi connectivity index (χ0n) is 12.0. The van der Waals surface area contributed by atoms with Crippen LogP contribution in [-0.4, -0.2) is 52.9 Å². The van der Waals surface area contributed by atoms with Crippen molar-refractivity contribution in [1.29, 1.82) is 0 Å². The van der Waals surface area contributed by atoms with E-state index >= 15 is 0 Å². The third-order valence-electron chi connectivity index (χ3n) is 3.53. The van der Waals surface area contributed by atoms with Crippen molar-refractivity contribution in [1.82, 2.24) is 20.1 Å². The molecule has 112 valence electrons. The van der Waals surface area contributed by atoms with Gasteiger partial charge in [-0.3, -0.25) is 9.88 Å². The molecule has 0 saturated carbocycles. The third kappa shape index (κ3) is 3.56. The van der Waals surface area contributed by atoms with Crippen molar-refractivity contribution in [2.45, 2.75) is 13.0 Å². The molecule has 21 heavy (non-hydrogen) atoms. The second kappa shape index (κ2) is 6.64. The number of pyridine rings is 1. The lowest BCUT2D eigenvalue weighted by Gasteiger charge is -2.34. The van der Waals surface area contributed by atoms with Crippen LogP contribution in [0.3, 0.4) is 0 Å². The van der Waals surface area contributed by atoms with Crippen LogP contribution in [0.5, 0.6) is 0 Å². The number of rotatable bonds is 5. The molecule has 0 amide bonds. The molecule has 0 spiro atoms. The van der Waals surface area contributed by atoms with Crippen LogP contribution in [0.2, 0.25) is 0 Å². The summed E-state index contributed by atoms with van der Waals surface area (Å²) in [6, 6.07) is 4.71. The zero-order valence-corrected chi connectivity index (χ0v) is 12.0. The van der Waals surface area contributed by atoms with Crippen LogP contribution in [0.15, 0.2) is 28.9 Å². The van der Waals surface area contributed by atoms with Gasteiger partial charge in [0.15, 0.2) is 0 Å². The summed E-state index contributed by atoms with van der Waals surface area (Å²) in [5.74, 6) is 0.557. The molecule has 1 saturated heterocycles. The van der Waals surface area contributed by atoms with Gasteiger partial charge in [0.1, 0.15) is 0 Å². The fourth-order valence-electron chi connectivity index (χ4n) is 2.47. The summed E-state index contributed by atoms with van der Waals surface area (Å²) >= 11 is 0.